The third kappa shape index (κ3) is 2.15. The molecule has 100 valence electrons. The van der Waals surface area contributed by atoms with E-state index in [4.69, 9.17) is 5.73 Å². The van der Waals surface area contributed by atoms with Crippen molar-refractivity contribution in [1.29, 1.82) is 0 Å². The zero-order chi connectivity index (χ0) is 12.5. The Labute approximate surface area is 108 Å². The van der Waals surface area contributed by atoms with E-state index in [9.17, 15) is 0 Å². The lowest BCUT2D eigenvalue weighted by Crippen LogP contribution is -2.66. The summed E-state index contributed by atoms with van der Waals surface area (Å²) in [6.45, 7) is 8.80. The van der Waals surface area contributed by atoms with E-state index in [1.807, 2.05) is 4.68 Å². The third-order valence-electron chi connectivity index (χ3n) is 4.23. The molecule has 6 nitrogen and oxygen atoms in total. The van der Waals surface area contributed by atoms with Crippen LogP contribution in [0, 0.1) is 0 Å². The number of rotatable bonds is 4. The van der Waals surface area contributed by atoms with Gasteiger partial charge in [-0.3, -0.25) is 14.5 Å². The summed E-state index contributed by atoms with van der Waals surface area (Å²) in [7, 11) is 0. The molecule has 4 heterocycles. The predicted octanol–water partition coefficient (Wildman–Crippen LogP) is -0.832. The molecule has 2 bridgehead atoms. The molecular weight excluding hydrogens is 228 g/mol. The van der Waals surface area contributed by atoms with Crippen molar-refractivity contribution in [3.05, 3.63) is 12.2 Å². The summed E-state index contributed by atoms with van der Waals surface area (Å²) in [5.41, 5.74) is 6.40. The molecule has 0 radical (unpaired) electrons. The number of hydrogen-bond acceptors (Lipinski definition) is 5. The largest absolute Gasteiger partial charge is 0.326 e. The lowest BCUT2D eigenvalue weighted by molar-refractivity contribution is 0.00223. The number of aromatic nitrogens is 3. The van der Waals surface area contributed by atoms with Crippen molar-refractivity contribution in [2.75, 3.05) is 32.7 Å². The van der Waals surface area contributed by atoms with Gasteiger partial charge in [0, 0.05) is 57.8 Å². The zero-order valence-corrected chi connectivity index (χ0v) is 11.0. The summed E-state index contributed by atoms with van der Waals surface area (Å²) in [5, 5.41) is 4.21. The summed E-state index contributed by atoms with van der Waals surface area (Å²) in [4.78, 5) is 9.39. The molecule has 0 spiro atoms. The van der Waals surface area contributed by atoms with Crippen LogP contribution >= 0.6 is 0 Å². The molecule has 2 atom stereocenters. The number of nitrogens with two attached hydrogens (primary N) is 1. The van der Waals surface area contributed by atoms with Gasteiger partial charge in [-0.25, -0.2) is 4.98 Å². The molecular formula is C12H22N6. The maximum Gasteiger partial charge on any atom is 0.138 e. The van der Waals surface area contributed by atoms with E-state index in [1.165, 1.54) is 26.2 Å². The van der Waals surface area contributed by atoms with Crippen molar-refractivity contribution in [3.63, 3.8) is 0 Å². The summed E-state index contributed by atoms with van der Waals surface area (Å²) < 4.78 is 1.94. The molecule has 1 aromatic rings. The van der Waals surface area contributed by atoms with Gasteiger partial charge in [-0.1, -0.05) is 0 Å². The minimum atomic E-state index is 0.155. The number of hydrogen-bond donors (Lipinski definition) is 1. The van der Waals surface area contributed by atoms with Crippen molar-refractivity contribution in [2.24, 2.45) is 5.73 Å². The standard InChI is InChI=1S/C12H22N6/c1-2-18-12(14-9-15-18)7-10(13)11-8-16-3-5-17(11)6-4-16/h9-11H,2-8,13H2,1H3. The van der Waals surface area contributed by atoms with Crippen LogP contribution in [0.15, 0.2) is 6.33 Å². The molecule has 0 aliphatic carbocycles. The molecule has 18 heavy (non-hydrogen) atoms. The molecule has 0 saturated carbocycles. The Bertz CT molecular complexity index is 395. The highest BCUT2D eigenvalue weighted by Crippen LogP contribution is 2.18. The highest BCUT2D eigenvalue weighted by Gasteiger charge is 2.35. The zero-order valence-electron chi connectivity index (χ0n) is 11.0. The van der Waals surface area contributed by atoms with E-state index in [-0.39, 0.29) is 6.04 Å². The molecule has 6 heteroatoms. The average molecular weight is 250 g/mol. The van der Waals surface area contributed by atoms with E-state index in [0.29, 0.717) is 6.04 Å². The van der Waals surface area contributed by atoms with Gasteiger partial charge in [0.15, 0.2) is 0 Å². The molecule has 3 aliphatic heterocycles. The van der Waals surface area contributed by atoms with E-state index in [0.717, 1.165) is 25.3 Å². The highest BCUT2D eigenvalue weighted by atomic mass is 15.4. The number of fused-ring (bicyclic) bond motifs is 3. The SMILES string of the molecule is CCn1ncnc1CC(N)C1CN2CCN1CC2. The van der Waals surface area contributed by atoms with Crippen LogP contribution in [0.3, 0.4) is 0 Å². The molecule has 2 unspecified atom stereocenters. The number of piperazine rings is 3. The first-order valence-electron chi connectivity index (χ1n) is 6.86. The Kier molecular flexibility index (Phi) is 3.32. The minimum Gasteiger partial charge on any atom is -0.326 e. The first-order valence-corrected chi connectivity index (χ1v) is 6.86. The summed E-state index contributed by atoms with van der Waals surface area (Å²) >= 11 is 0. The van der Waals surface area contributed by atoms with Crippen LogP contribution < -0.4 is 5.73 Å². The monoisotopic (exact) mass is 250 g/mol. The fourth-order valence-electron chi connectivity index (χ4n) is 3.12. The highest BCUT2D eigenvalue weighted by molar-refractivity contribution is 4.98. The maximum atomic E-state index is 6.40. The predicted molar refractivity (Wildman–Crippen MR) is 69.2 cm³/mol. The van der Waals surface area contributed by atoms with Crippen LogP contribution in [-0.2, 0) is 13.0 Å². The van der Waals surface area contributed by atoms with Gasteiger partial charge in [0.05, 0.1) is 0 Å². The minimum absolute atomic E-state index is 0.155. The van der Waals surface area contributed by atoms with Crippen LogP contribution in [0.4, 0.5) is 0 Å². The van der Waals surface area contributed by atoms with Crippen molar-refractivity contribution in [2.45, 2.75) is 32.0 Å². The lowest BCUT2D eigenvalue weighted by atomic mass is 9.98. The van der Waals surface area contributed by atoms with Crippen LogP contribution in [0.2, 0.25) is 0 Å². The van der Waals surface area contributed by atoms with Crippen LogP contribution in [0.1, 0.15) is 12.7 Å². The fourth-order valence-corrected chi connectivity index (χ4v) is 3.12. The first-order chi connectivity index (χ1) is 8.78. The van der Waals surface area contributed by atoms with Crippen molar-refractivity contribution < 1.29 is 0 Å². The third-order valence-corrected chi connectivity index (χ3v) is 4.23. The van der Waals surface area contributed by atoms with Gasteiger partial charge < -0.3 is 5.73 Å². The quantitative estimate of drug-likeness (QED) is 0.755. The Morgan fingerprint density at radius 2 is 2.17 bits per heavy atom. The molecule has 0 amide bonds. The van der Waals surface area contributed by atoms with Gasteiger partial charge in [-0.2, -0.15) is 5.10 Å². The smallest absolute Gasteiger partial charge is 0.138 e. The van der Waals surface area contributed by atoms with Crippen molar-refractivity contribution in [3.8, 4) is 0 Å². The summed E-state index contributed by atoms with van der Waals surface area (Å²) in [6, 6.07) is 0.636. The molecule has 4 rings (SSSR count). The molecule has 3 saturated heterocycles. The maximum absolute atomic E-state index is 6.40. The van der Waals surface area contributed by atoms with Crippen molar-refractivity contribution in [1.82, 2.24) is 24.6 Å². The van der Waals surface area contributed by atoms with E-state index in [1.54, 1.807) is 6.33 Å². The second-order valence-corrected chi connectivity index (χ2v) is 5.26. The summed E-state index contributed by atoms with van der Waals surface area (Å²) in [5.74, 6) is 1.02. The van der Waals surface area contributed by atoms with E-state index in [2.05, 4.69) is 26.8 Å². The second-order valence-electron chi connectivity index (χ2n) is 5.26. The lowest BCUT2D eigenvalue weighted by Gasteiger charge is -2.49. The van der Waals surface area contributed by atoms with E-state index < -0.39 is 0 Å². The molecule has 3 aliphatic rings. The Morgan fingerprint density at radius 1 is 1.39 bits per heavy atom. The van der Waals surface area contributed by atoms with Gasteiger partial charge in [-0.05, 0) is 6.92 Å². The molecule has 0 aromatic carbocycles. The number of aryl methyl sites for hydroxylation is 1. The Hall–Kier alpha value is -0.980. The summed E-state index contributed by atoms with van der Waals surface area (Å²) in [6.07, 6.45) is 2.45. The van der Waals surface area contributed by atoms with Gasteiger partial charge in [0.25, 0.3) is 0 Å². The number of nitrogens with zero attached hydrogens (tertiary/aromatic N) is 5. The molecule has 3 fully saturated rings. The van der Waals surface area contributed by atoms with Crippen LogP contribution in [0.25, 0.3) is 0 Å². The molecule has 2 N–H and O–H groups in total. The van der Waals surface area contributed by atoms with Crippen LogP contribution in [0.5, 0.6) is 0 Å². The Balaban J connectivity index is 1.66. The Morgan fingerprint density at radius 3 is 2.78 bits per heavy atom. The fraction of sp³-hybridized carbons (Fsp3) is 0.833. The van der Waals surface area contributed by atoms with Crippen LogP contribution in [-0.4, -0.2) is 69.4 Å². The van der Waals surface area contributed by atoms with Gasteiger partial charge in [-0.15, -0.1) is 0 Å². The van der Waals surface area contributed by atoms with Gasteiger partial charge in [0.2, 0.25) is 0 Å². The normalized spacial score (nSPS) is 32.7. The van der Waals surface area contributed by atoms with E-state index >= 15 is 0 Å². The van der Waals surface area contributed by atoms with Crippen molar-refractivity contribution >= 4 is 0 Å². The molecule has 1 aromatic heterocycles. The van der Waals surface area contributed by atoms with Gasteiger partial charge >= 0.3 is 0 Å². The first kappa shape index (κ1) is 12.1. The second kappa shape index (κ2) is 4.95. The topological polar surface area (TPSA) is 63.2 Å². The average Bonchev–Trinajstić information content (AvgIpc) is 2.87. The van der Waals surface area contributed by atoms with Gasteiger partial charge in [0.1, 0.15) is 12.2 Å².